The summed E-state index contributed by atoms with van der Waals surface area (Å²) in [5.74, 6) is 0.270. The highest BCUT2D eigenvalue weighted by molar-refractivity contribution is 6.17. The van der Waals surface area contributed by atoms with Crippen molar-refractivity contribution in [3.63, 3.8) is 0 Å². The number of H-pyrrole nitrogens is 1. The molecule has 0 bridgehead atoms. The van der Waals surface area contributed by atoms with Crippen molar-refractivity contribution in [3.05, 3.63) is 35.7 Å². The molecule has 3 N–H and O–H groups in total. The fraction of sp³-hybridized carbons (Fsp3) is 0.500. The predicted octanol–water partition coefficient (Wildman–Crippen LogP) is 2.10. The van der Waals surface area contributed by atoms with Crippen molar-refractivity contribution in [1.29, 1.82) is 0 Å². The third-order valence-electron chi connectivity index (χ3n) is 4.54. The lowest BCUT2D eigenvalue weighted by Crippen LogP contribution is -2.32. The zero-order chi connectivity index (χ0) is 17.5. The number of allylic oxidation sites excluding steroid dienone is 2. The highest BCUT2D eigenvalue weighted by Crippen LogP contribution is 2.32. The van der Waals surface area contributed by atoms with Crippen LogP contribution >= 0.6 is 0 Å². The van der Waals surface area contributed by atoms with E-state index < -0.39 is 0 Å². The van der Waals surface area contributed by atoms with Crippen LogP contribution in [0.2, 0.25) is 0 Å². The Kier molecular flexibility index (Phi) is 5.65. The van der Waals surface area contributed by atoms with Crippen LogP contribution in [0.3, 0.4) is 0 Å². The largest absolute Gasteiger partial charge is 0.391 e. The number of aliphatic imine (C=N–C) groups is 1. The van der Waals surface area contributed by atoms with Gasteiger partial charge in [-0.3, -0.25) is 14.9 Å². The van der Waals surface area contributed by atoms with E-state index in [-0.39, 0.29) is 11.5 Å². The van der Waals surface area contributed by atoms with Gasteiger partial charge in [-0.15, -0.1) is 0 Å². The molecule has 1 atom stereocenters. The molecule has 1 fully saturated rings. The first kappa shape index (κ1) is 17.4. The minimum Gasteiger partial charge on any atom is -0.391 e. The summed E-state index contributed by atoms with van der Waals surface area (Å²) in [6, 6.07) is 1.78. The second kappa shape index (κ2) is 8.11. The molecule has 7 heteroatoms. The number of aromatic amines is 1. The summed E-state index contributed by atoms with van der Waals surface area (Å²) in [7, 11) is 0. The molecule has 2 aliphatic heterocycles. The fourth-order valence-electron chi connectivity index (χ4n) is 3.16. The number of rotatable bonds is 2. The molecule has 2 aliphatic rings. The Morgan fingerprint density at radius 3 is 3.04 bits per heavy atom. The Hall–Kier alpha value is -2.41. The van der Waals surface area contributed by atoms with Crippen molar-refractivity contribution in [3.8, 4) is 0 Å². The summed E-state index contributed by atoms with van der Waals surface area (Å²) in [6.45, 7) is 4.21. The molecule has 0 saturated carbocycles. The lowest BCUT2D eigenvalue weighted by Gasteiger charge is -2.27. The van der Waals surface area contributed by atoms with E-state index in [9.17, 15) is 4.79 Å². The summed E-state index contributed by atoms with van der Waals surface area (Å²) in [5, 5.41) is 12.9. The van der Waals surface area contributed by atoms with Gasteiger partial charge in [-0.05, 0) is 51.0 Å². The van der Waals surface area contributed by atoms with Crippen LogP contribution in [0.5, 0.6) is 0 Å². The van der Waals surface area contributed by atoms with Crippen molar-refractivity contribution < 1.29 is 9.53 Å². The average molecular weight is 343 g/mol. The van der Waals surface area contributed by atoms with Crippen LogP contribution in [0.1, 0.15) is 31.4 Å². The maximum Gasteiger partial charge on any atom is 0.258 e. The van der Waals surface area contributed by atoms with Crippen molar-refractivity contribution in [2.24, 2.45) is 4.99 Å². The molecule has 1 saturated heterocycles. The molecule has 3 heterocycles. The van der Waals surface area contributed by atoms with Gasteiger partial charge in [-0.2, -0.15) is 5.10 Å². The SMILES string of the molecule is Cc1cc(NC(=O)/C2=C/C=C/NCCC3(CCCO3)CCN=C2)n[nH]1. The Bertz CT molecular complexity index is 683. The number of anilines is 1. The number of hydrogen-bond donors (Lipinski definition) is 3. The Morgan fingerprint density at radius 1 is 1.36 bits per heavy atom. The van der Waals surface area contributed by atoms with E-state index >= 15 is 0 Å². The summed E-state index contributed by atoms with van der Waals surface area (Å²) < 4.78 is 6.00. The van der Waals surface area contributed by atoms with Crippen molar-refractivity contribution in [2.45, 2.75) is 38.2 Å². The quantitative estimate of drug-likeness (QED) is 0.767. The Morgan fingerprint density at radius 2 is 2.28 bits per heavy atom. The van der Waals surface area contributed by atoms with Crippen LogP contribution in [0.25, 0.3) is 0 Å². The van der Waals surface area contributed by atoms with Crippen LogP contribution in [-0.2, 0) is 9.53 Å². The van der Waals surface area contributed by atoms with Crippen molar-refractivity contribution >= 4 is 17.9 Å². The summed E-state index contributed by atoms with van der Waals surface area (Å²) in [4.78, 5) is 16.9. The highest BCUT2D eigenvalue weighted by atomic mass is 16.5. The zero-order valence-electron chi connectivity index (χ0n) is 14.5. The van der Waals surface area contributed by atoms with Gasteiger partial charge in [0.05, 0.1) is 11.2 Å². The molecule has 134 valence electrons. The van der Waals surface area contributed by atoms with E-state index in [0.29, 0.717) is 17.9 Å². The number of nitrogens with one attached hydrogen (secondary N) is 3. The molecule has 1 spiro atoms. The zero-order valence-corrected chi connectivity index (χ0v) is 14.5. The second-order valence-electron chi connectivity index (χ2n) is 6.50. The minimum absolute atomic E-state index is 0.0733. The molecule has 0 aromatic carbocycles. The van der Waals surface area contributed by atoms with Crippen molar-refractivity contribution in [2.75, 3.05) is 25.0 Å². The Labute approximate surface area is 147 Å². The molecule has 1 aromatic rings. The lowest BCUT2D eigenvalue weighted by atomic mass is 9.92. The first-order valence-corrected chi connectivity index (χ1v) is 8.74. The number of carbonyl (C=O) groups excluding carboxylic acids is 1. The molecular weight excluding hydrogens is 318 g/mol. The summed E-state index contributed by atoms with van der Waals surface area (Å²) in [6.07, 6.45) is 11.1. The van der Waals surface area contributed by atoms with Gasteiger partial charge in [-0.1, -0.05) is 0 Å². The van der Waals surface area contributed by atoms with Crippen LogP contribution in [0.4, 0.5) is 5.82 Å². The standard InChI is InChI=1S/C18H25N5O2/c1-14-12-16(23-22-14)21-17(24)15-4-2-8-19-9-6-18(5-3-11-25-18)7-10-20-13-15/h2,4,8,12-13,19H,3,5-7,9-11H2,1H3,(H2,21,22,23,24)/b8-2+,15-4+,20-13?. The smallest absolute Gasteiger partial charge is 0.258 e. The van der Waals surface area contributed by atoms with Gasteiger partial charge >= 0.3 is 0 Å². The Balaban J connectivity index is 1.68. The first-order valence-electron chi connectivity index (χ1n) is 8.74. The molecule has 25 heavy (non-hydrogen) atoms. The normalized spacial score (nSPS) is 27.6. The third kappa shape index (κ3) is 4.79. The van der Waals surface area contributed by atoms with Crippen molar-refractivity contribution in [1.82, 2.24) is 15.5 Å². The molecule has 1 amide bonds. The monoisotopic (exact) mass is 343 g/mol. The molecule has 0 aliphatic carbocycles. The second-order valence-corrected chi connectivity index (χ2v) is 6.50. The van der Waals surface area contributed by atoms with Crippen LogP contribution in [0.15, 0.2) is 35.0 Å². The topological polar surface area (TPSA) is 91.4 Å². The molecule has 1 aromatic heterocycles. The molecule has 7 nitrogen and oxygen atoms in total. The van der Waals surface area contributed by atoms with Gasteiger partial charge in [0.1, 0.15) is 0 Å². The first-order chi connectivity index (χ1) is 12.2. The van der Waals surface area contributed by atoms with E-state index in [1.54, 1.807) is 18.4 Å². The molecular formula is C18H25N5O2. The molecule has 3 rings (SSSR count). The number of ether oxygens (including phenoxy) is 1. The number of carbonyl (C=O) groups is 1. The average Bonchev–Trinajstić information content (AvgIpc) is 3.21. The number of aromatic nitrogens is 2. The van der Waals surface area contributed by atoms with E-state index in [1.807, 2.05) is 19.2 Å². The van der Waals surface area contributed by atoms with Gasteiger partial charge in [0, 0.05) is 37.7 Å². The van der Waals surface area contributed by atoms with Gasteiger partial charge in [-0.25, -0.2) is 0 Å². The van der Waals surface area contributed by atoms with E-state index in [1.165, 1.54) is 0 Å². The van der Waals surface area contributed by atoms with Gasteiger partial charge in [0.25, 0.3) is 5.91 Å². The fourth-order valence-corrected chi connectivity index (χ4v) is 3.16. The van der Waals surface area contributed by atoms with Crippen LogP contribution in [0, 0.1) is 6.92 Å². The van der Waals surface area contributed by atoms with E-state index in [4.69, 9.17) is 4.74 Å². The summed E-state index contributed by atoms with van der Waals surface area (Å²) >= 11 is 0. The molecule has 0 radical (unpaired) electrons. The summed E-state index contributed by atoms with van der Waals surface area (Å²) in [5.41, 5.74) is 1.30. The number of amides is 1. The van der Waals surface area contributed by atoms with E-state index in [0.717, 1.165) is 44.5 Å². The maximum atomic E-state index is 12.4. The highest BCUT2D eigenvalue weighted by Gasteiger charge is 2.33. The van der Waals surface area contributed by atoms with Gasteiger partial charge in [0.2, 0.25) is 0 Å². The third-order valence-corrected chi connectivity index (χ3v) is 4.54. The molecule has 1 unspecified atom stereocenters. The number of aryl methyl sites for hydroxylation is 1. The van der Waals surface area contributed by atoms with Crippen LogP contribution < -0.4 is 10.6 Å². The lowest BCUT2D eigenvalue weighted by molar-refractivity contribution is -0.112. The predicted molar refractivity (Wildman–Crippen MR) is 97.7 cm³/mol. The van der Waals surface area contributed by atoms with Gasteiger partial charge in [0.15, 0.2) is 5.82 Å². The van der Waals surface area contributed by atoms with Gasteiger partial charge < -0.3 is 15.4 Å². The van der Waals surface area contributed by atoms with Crippen LogP contribution in [-0.4, -0.2) is 47.6 Å². The number of nitrogens with zero attached hydrogens (tertiary/aromatic N) is 2. The van der Waals surface area contributed by atoms with E-state index in [2.05, 4.69) is 25.8 Å². The number of hydrogen-bond acceptors (Lipinski definition) is 5. The minimum atomic E-state index is -0.233. The maximum absolute atomic E-state index is 12.4.